The fraction of sp³-hybridized carbons (Fsp3) is 0.417. The van der Waals surface area contributed by atoms with Gasteiger partial charge in [-0.3, -0.25) is 4.79 Å². The predicted octanol–water partition coefficient (Wildman–Crippen LogP) is 2.33. The standard InChI is InChI=1S/C12H13N3OS/c1-10-4-9-17-11(10)12(16)15(7-2-5-13)8-3-6-14/h4,9H,2-3,7-8H2,1H3. The Morgan fingerprint density at radius 2 is 1.94 bits per heavy atom. The Bertz CT molecular complexity index is 449. The third kappa shape index (κ3) is 3.58. The highest BCUT2D eigenvalue weighted by Crippen LogP contribution is 2.18. The molecule has 0 aliphatic heterocycles. The minimum absolute atomic E-state index is 0.0806. The van der Waals surface area contributed by atoms with Gasteiger partial charge in [-0.15, -0.1) is 11.3 Å². The fourth-order valence-corrected chi connectivity index (χ4v) is 2.31. The van der Waals surface area contributed by atoms with Crippen LogP contribution >= 0.6 is 11.3 Å². The molecule has 0 aliphatic carbocycles. The van der Waals surface area contributed by atoms with Gasteiger partial charge in [0.2, 0.25) is 0 Å². The molecule has 0 saturated heterocycles. The van der Waals surface area contributed by atoms with Gasteiger partial charge in [-0.25, -0.2) is 0 Å². The molecule has 1 rings (SSSR count). The van der Waals surface area contributed by atoms with E-state index in [4.69, 9.17) is 10.5 Å². The van der Waals surface area contributed by atoms with Crippen LogP contribution in [0.3, 0.4) is 0 Å². The van der Waals surface area contributed by atoms with E-state index in [1.807, 2.05) is 30.5 Å². The quantitative estimate of drug-likeness (QED) is 0.801. The molecule has 0 aliphatic rings. The largest absolute Gasteiger partial charge is 0.336 e. The lowest BCUT2D eigenvalue weighted by Crippen LogP contribution is -2.32. The molecule has 0 bridgehead atoms. The normalized spacial score (nSPS) is 9.35. The first-order valence-corrected chi connectivity index (χ1v) is 6.16. The summed E-state index contributed by atoms with van der Waals surface area (Å²) < 4.78 is 0. The molecule has 0 spiro atoms. The number of aryl methyl sites for hydroxylation is 1. The molecule has 17 heavy (non-hydrogen) atoms. The minimum atomic E-state index is -0.0806. The average Bonchev–Trinajstić information content (AvgIpc) is 2.75. The van der Waals surface area contributed by atoms with E-state index in [1.54, 1.807) is 4.90 Å². The van der Waals surface area contributed by atoms with Crippen LogP contribution in [-0.2, 0) is 0 Å². The topological polar surface area (TPSA) is 67.9 Å². The van der Waals surface area contributed by atoms with Gasteiger partial charge in [-0.05, 0) is 23.9 Å². The van der Waals surface area contributed by atoms with Gasteiger partial charge in [-0.2, -0.15) is 10.5 Å². The molecule has 1 heterocycles. The van der Waals surface area contributed by atoms with Crippen molar-refractivity contribution < 1.29 is 4.79 Å². The molecular weight excluding hydrogens is 234 g/mol. The Morgan fingerprint density at radius 1 is 1.35 bits per heavy atom. The summed E-state index contributed by atoms with van der Waals surface area (Å²) in [6, 6.07) is 5.93. The number of nitriles is 2. The second kappa shape index (κ2) is 6.67. The first-order chi connectivity index (χ1) is 8.20. The zero-order valence-corrected chi connectivity index (χ0v) is 10.5. The molecule has 0 atom stereocenters. The van der Waals surface area contributed by atoms with E-state index in [0.29, 0.717) is 30.8 Å². The third-order valence-corrected chi connectivity index (χ3v) is 3.34. The molecule has 0 unspecified atom stereocenters. The molecule has 0 radical (unpaired) electrons. The Hall–Kier alpha value is -1.85. The number of amides is 1. The molecule has 4 nitrogen and oxygen atoms in total. The smallest absolute Gasteiger partial charge is 0.264 e. The zero-order chi connectivity index (χ0) is 12.7. The van der Waals surface area contributed by atoms with Gasteiger partial charge in [0.1, 0.15) is 0 Å². The SMILES string of the molecule is Cc1ccsc1C(=O)N(CCC#N)CCC#N. The predicted molar refractivity (Wildman–Crippen MR) is 65.4 cm³/mol. The summed E-state index contributed by atoms with van der Waals surface area (Å²) in [6.07, 6.45) is 0.586. The highest BCUT2D eigenvalue weighted by atomic mass is 32.1. The zero-order valence-electron chi connectivity index (χ0n) is 9.64. The maximum absolute atomic E-state index is 12.2. The lowest BCUT2D eigenvalue weighted by Gasteiger charge is -2.19. The lowest BCUT2D eigenvalue weighted by molar-refractivity contribution is 0.0766. The molecule has 1 amide bonds. The molecular formula is C12H13N3OS. The molecule has 0 fully saturated rings. The van der Waals surface area contributed by atoms with E-state index < -0.39 is 0 Å². The van der Waals surface area contributed by atoms with Crippen LogP contribution in [0.5, 0.6) is 0 Å². The molecule has 1 aromatic rings. The number of rotatable bonds is 5. The first kappa shape index (κ1) is 13.2. The summed E-state index contributed by atoms with van der Waals surface area (Å²) >= 11 is 1.40. The Morgan fingerprint density at radius 3 is 2.35 bits per heavy atom. The summed E-state index contributed by atoms with van der Waals surface area (Å²) in [5.41, 5.74) is 0.943. The minimum Gasteiger partial charge on any atom is -0.336 e. The number of carbonyl (C=O) groups excluding carboxylic acids is 1. The number of thiophene rings is 1. The fourth-order valence-electron chi connectivity index (χ4n) is 1.42. The second-order valence-corrected chi connectivity index (χ2v) is 4.46. The monoisotopic (exact) mass is 247 g/mol. The molecule has 88 valence electrons. The third-order valence-electron chi connectivity index (χ3n) is 2.33. The van der Waals surface area contributed by atoms with Crippen LogP contribution in [-0.4, -0.2) is 23.9 Å². The molecule has 0 N–H and O–H groups in total. The summed E-state index contributed by atoms with van der Waals surface area (Å²) in [5.74, 6) is -0.0806. The maximum Gasteiger partial charge on any atom is 0.264 e. The lowest BCUT2D eigenvalue weighted by atomic mass is 10.2. The van der Waals surface area contributed by atoms with Crippen molar-refractivity contribution in [1.82, 2.24) is 4.90 Å². The number of carbonyl (C=O) groups is 1. The number of hydrogen-bond donors (Lipinski definition) is 0. The van der Waals surface area contributed by atoms with Crippen LogP contribution in [0.25, 0.3) is 0 Å². The van der Waals surface area contributed by atoms with Gasteiger partial charge < -0.3 is 4.90 Å². The molecule has 1 aromatic heterocycles. The number of nitrogens with zero attached hydrogens (tertiary/aromatic N) is 3. The molecule has 0 saturated carbocycles. The van der Waals surface area contributed by atoms with E-state index in [9.17, 15) is 4.79 Å². The van der Waals surface area contributed by atoms with E-state index in [1.165, 1.54) is 11.3 Å². The summed E-state index contributed by atoms with van der Waals surface area (Å²) in [5, 5.41) is 19.0. The van der Waals surface area contributed by atoms with E-state index in [0.717, 1.165) is 5.56 Å². The van der Waals surface area contributed by atoms with Gasteiger partial charge in [0.25, 0.3) is 5.91 Å². The van der Waals surface area contributed by atoms with Gasteiger partial charge >= 0.3 is 0 Å². The van der Waals surface area contributed by atoms with Crippen molar-refractivity contribution >= 4 is 17.2 Å². The second-order valence-electron chi connectivity index (χ2n) is 3.54. The van der Waals surface area contributed by atoms with Gasteiger partial charge in [0.15, 0.2) is 0 Å². The van der Waals surface area contributed by atoms with Crippen molar-refractivity contribution in [2.75, 3.05) is 13.1 Å². The van der Waals surface area contributed by atoms with Gasteiger partial charge in [-0.1, -0.05) is 0 Å². The first-order valence-electron chi connectivity index (χ1n) is 5.28. The van der Waals surface area contributed by atoms with Gasteiger partial charge in [0, 0.05) is 13.1 Å². The van der Waals surface area contributed by atoms with Gasteiger partial charge in [0.05, 0.1) is 29.9 Å². The maximum atomic E-state index is 12.2. The van der Waals surface area contributed by atoms with E-state index >= 15 is 0 Å². The van der Waals surface area contributed by atoms with Crippen LogP contribution in [0.15, 0.2) is 11.4 Å². The van der Waals surface area contributed by atoms with Crippen LogP contribution in [0.2, 0.25) is 0 Å². The molecule has 0 aromatic carbocycles. The Balaban J connectivity index is 2.76. The van der Waals surface area contributed by atoms with Crippen molar-refractivity contribution in [3.05, 3.63) is 21.9 Å². The Kier molecular flexibility index (Phi) is 5.19. The van der Waals surface area contributed by atoms with Crippen molar-refractivity contribution in [3.8, 4) is 12.1 Å². The highest BCUT2D eigenvalue weighted by Gasteiger charge is 2.17. The summed E-state index contributed by atoms with van der Waals surface area (Å²) in [7, 11) is 0. The van der Waals surface area contributed by atoms with Crippen molar-refractivity contribution in [2.24, 2.45) is 0 Å². The number of hydrogen-bond acceptors (Lipinski definition) is 4. The molecule has 5 heteroatoms. The average molecular weight is 247 g/mol. The summed E-state index contributed by atoms with van der Waals surface area (Å²) in [4.78, 5) is 14.4. The van der Waals surface area contributed by atoms with E-state index in [2.05, 4.69) is 0 Å². The van der Waals surface area contributed by atoms with E-state index in [-0.39, 0.29) is 5.91 Å². The van der Waals surface area contributed by atoms with Crippen LogP contribution in [0, 0.1) is 29.6 Å². The Labute approximate surface area is 105 Å². The van der Waals surface area contributed by atoms with Crippen molar-refractivity contribution in [1.29, 1.82) is 10.5 Å². The van der Waals surface area contributed by atoms with Crippen molar-refractivity contribution in [2.45, 2.75) is 19.8 Å². The van der Waals surface area contributed by atoms with Crippen LogP contribution in [0.4, 0.5) is 0 Å². The van der Waals surface area contributed by atoms with Crippen LogP contribution in [0.1, 0.15) is 28.1 Å². The van der Waals surface area contributed by atoms with Crippen LogP contribution < -0.4 is 0 Å². The van der Waals surface area contributed by atoms with Crippen molar-refractivity contribution in [3.63, 3.8) is 0 Å². The highest BCUT2D eigenvalue weighted by molar-refractivity contribution is 7.12. The summed E-state index contributed by atoms with van der Waals surface area (Å²) in [6.45, 7) is 2.65.